The number of aryl methyl sites for hydroxylation is 1. The van der Waals surface area contributed by atoms with Crippen molar-refractivity contribution >= 4 is 28.8 Å². The monoisotopic (exact) mass is 343 g/mol. The number of anilines is 1. The predicted octanol–water partition coefficient (Wildman–Crippen LogP) is 2.45. The molecule has 1 fully saturated rings. The van der Waals surface area contributed by atoms with Crippen LogP contribution in [-0.4, -0.2) is 54.3 Å². The normalized spacial score (nSPS) is 15.3. The fraction of sp³-hybridized carbons (Fsp3) is 0.333. The number of para-hydroxylation sites is 1. The number of thiophene rings is 1. The van der Waals surface area contributed by atoms with Crippen LogP contribution in [0.4, 0.5) is 5.69 Å². The Balaban J connectivity index is 1.46. The van der Waals surface area contributed by atoms with E-state index in [4.69, 9.17) is 0 Å². The van der Waals surface area contributed by atoms with Gasteiger partial charge in [0.25, 0.3) is 5.91 Å². The number of nitrogens with one attached hydrogen (secondary N) is 1. The van der Waals surface area contributed by atoms with Crippen LogP contribution in [0.1, 0.15) is 14.5 Å². The smallest absolute Gasteiger partial charge is 0.264 e. The van der Waals surface area contributed by atoms with E-state index >= 15 is 0 Å². The number of nitrogens with zero attached hydrogens (tertiary/aromatic N) is 2. The van der Waals surface area contributed by atoms with E-state index < -0.39 is 0 Å². The van der Waals surface area contributed by atoms with Crippen molar-refractivity contribution < 1.29 is 9.59 Å². The molecule has 0 saturated carbocycles. The first-order valence-corrected chi connectivity index (χ1v) is 8.86. The van der Waals surface area contributed by atoms with Gasteiger partial charge in [-0.25, -0.2) is 0 Å². The van der Waals surface area contributed by atoms with Crippen molar-refractivity contribution in [1.29, 1.82) is 0 Å². The van der Waals surface area contributed by atoms with E-state index in [1.807, 2.05) is 54.3 Å². The summed E-state index contributed by atoms with van der Waals surface area (Å²) in [4.78, 5) is 30.4. The second-order valence-corrected chi connectivity index (χ2v) is 7.18. The molecule has 126 valence electrons. The Morgan fingerprint density at radius 1 is 1.04 bits per heavy atom. The molecule has 0 aliphatic carbocycles. The van der Waals surface area contributed by atoms with Crippen LogP contribution in [0.5, 0.6) is 0 Å². The summed E-state index contributed by atoms with van der Waals surface area (Å²) in [5.41, 5.74) is 0.810. The molecule has 0 spiro atoms. The number of hydrogen-bond acceptors (Lipinski definition) is 4. The molecule has 2 amide bonds. The standard InChI is InChI=1S/C18H21N3O2S/c1-14-7-8-16(24-14)18(23)21-11-9-20(10-12-21)13-17(22)19-15-5-3-2-4-6-15/h2-8H,9-13H2,1H3,(H,19,22). The van der Waals surface area contributed by atoms with Crippen LogP contribution in [0.2, 0.25) is 0 Å². The third-order valence-corrected chi connectivity index (χ3v) is 5.02. The van der Waals surface area contributed by atoms with Gasteiger partial charge in [0.15, 0.2) is 0 Å². The third-order valence-electron chi connectivity index (χ3n) is 4.04. The maximum Gasteiger partial charge on any atom is 0.264 e. The lowest BCUT2D eigenvalue weighted by Crippen LogP contribution is -2.50. The lowest BCUT2D eigenvalue weighted by Gasteiger charge is -2.34. The zero-order valence-electron chi connectivity index (χ0n) is 13.7. The summed E-state index contributed by atoms with van der Waals surface area (Å²) in [5.74, 6) is 0.0799. The fourth-order valence-corrected chi connectivity index (χ4v) is 3.57. The molecule has 1 N–H and O–H groups in total. The summed E-state index contributed by atoms with van der Waals surface area (Å²) in [6.45, 7) is 5.12. The Kier molecular flexibility index (Phi) is 5.27. The molecule has 0 unspecified atom stereocenters. The van der Waals surface area contributed by atoms with Gasteiger partial charge in [0.1, 0.15) is 0 Å². The second-order valence-electron chi connectivity index (χ2n) is 5.89. The Hall–Kier alpha value is -2.18. The second kappa shape index (κ2) is 7.59. The number of hydrogen-bond donors (Lipinski definition) is 1. The van der Waals surface area contributed by atoms with E-state index in [1.54, 1.807) is 0 Å². The lowest BCUT2D eigenvalue weighted by molar-refractivity contribution is -0.117. The predicted molar refractivity (Wildman–Crippen MR) is 96.5 cm³/mol. The molecule has 6 heteroatoms. The van der Waals surface area contributed by atoms with Crippen molar-refractivity contribution in [2.75, 3.05) is 38.0 Å². The molecule has 3 rings (SSSR count). The highest BCUT2D eigenvalue weighted by Crippen LogP contribution is 2.18. The molecule has 0 bridgehead atoms. The number of piperazine rings is 1. The number of amides is 2. The van der Waals surface area contributed by atoms with Crippen molar-refractivity contribution in [3.8, 4) is 0 Å². The minimum Gasteiger partial charge on any atom is -0.335 e. The molecule has 1 aromatic heterocycles. The Morgan fingerprint density at radius 3 is 2.38 bits per heavy atom. The summed E-state index contributed by atoms with van der Waals surface area (Å²) in [6, 6.07) is 13.3. The fourth-order valence-electron chi connectivity index (χ4n) is 2.74. The van der Waals surface area contributed by atoms with Crippen LogP contribution in [0.25, 0.3) is 0 Å². The molecule has 1 aliphatic heterocycles. The number of carbonyl (C=O) groups excluding carboxylic acids is 2. The highest BCUT2D eigenvalue weighted by molar-refractivity contribution is 7.13. The van der Waals surface area contributed by atoms with Gasteiger partial charge in [0, 0.05) is 36.7 Å². The van der Waals surface area contributed by atoms with Gasteiger partial charge in [-0.3, -0.25) is 14.5 Å². The van der Waals surface area contributed by atoms with Crippen LogP contribution in [-0.2, 0) is 4.79 Å². The third kappa shape index (κ3) is 4.21. The average molecular weight is 343 g/mol. The Morgan fingerprint density at radius 2 is 1.75 bits per heavy atom. The van der Waals surface area contributed by atoms with Crippen molar-refractivity contribution in [2.24, 2.45) is 0 Å². The maximum atomic E-state index is 12.4. The van der Waals surface area contributed by atoms with Crippen molar-refractivity contribution in [1.82, 2.24) is 9.80 Å². The van der Waals surface area contributed by atoms with Gasteiger partial charge in [0.05, 0.1) is 11.4 Å². The van der Waals surface area contributed by atoms with Gasteiger partial charge in [0.2, 0.25) is 5.91 Å². The van der Waals surface area contributed by atoms with Gasteiger partial charge in [-0.1, -0.05) is 18.2 Å². The van der Waals surface area contributed by atoms with Crippen LogP contribution < -0.4 is 5.32 Å². The van der Waals surface area contributed by atoms with Gasteiger partial charge in [-0.2, -0.15) is 0 Å². The summed E-state index contributed by atoms with van der Waals surface area (Å²) < 4.78 is 0. The van der Waals surface area contributed by atoms with E-state index in [1.165, 1.54) is 11.3 Å². The summed E-state index contributed by atoms with van der Waals surface area (Å²) >= 11 is 1.53. The SMILES string of the molecule is Cc1ccc(C(=O)N2CCN(CC(=O)Nc3ccccc3)CC2)s1. The minimum atomic E-state index is -0.0186. The van der Waals surface area contributed by atoms with Crippen molar-refractivity contribution in [3.63, 3.8) is 0 Å². The van der Waals surface area contributed by atoms with Gasteiger partial charge < -0.3 is 10.2 Å². The molecule has 2 heterocycles. The Labute approximate surface area is 145 Å². The molecule has 2 aromatic rings. The summed E-state index contributed by atoms with van der Waals surface area (Å²) in [5, 5.41) is 2.89. The lowest BCUT2D eigenvalue weighted by atomic mass is 10.2. The minimum absolute atomic E-state index is 0.0186. The number of benzene rings is 1. The van der Waals surface area contributed by atoms with E-state index in [0.717, 1.165) is 28.5 Å². The van der Waals surface area contributed by atoms with Crippen molar-refractivity contribution in [3.05, 3.63) is 52.2 Å². The van der Waals surface area contributed by atoms with Crippen LogP contribution in [0.3, 0.4) is 0 Å². The number of rotatable bonds is 4. The molecule has 0 atom stereocenters. The number of carbonyl (C=O) groups is 2. The zero-order chi connectivity index (χ0) is 16.9. The first-order chi connectivity index (χ1) is 11.6. The quantitative estimate of drug-likeness (QED) is 0.928. The topological polar surface area (TPSA) is 52.7 Å². The molecular formula is C18H21N3O2S. The molecule has 24 heavy (non-hydrogen) atoms. The molecule has 1 aliphatic rings. The maximum absolute atomic E-state index is 12.4. The highest BCUT2D eigenvalue weighted by atomic mass is 32.1. The van der Waals surface area contributed by atoms with E-state index in [9.17, 15) is 9.59 Å². The zero-order valence-corrected chi connectivity index (χ0v) is 14.5. The molecule has 1 saturated heterocycles. The van der Waals surface area contributed by atoms with Crippen molar-refractivity contribution in [2.45, 2.75) is 6.92 Å². The molecule has 1 aromatic carbocycles. The summed E-state index contributed by atoms with van der Waals surface area (Å²) in [6.07, 6.45) is 0. The highest BCUT2D eigenvalue weighted by Gasteiger charge is 2.24. The van der Waals surface area contributed by atoms with Gasteiger partial charge >= 0.3 is 0 Å². The molecule has 0 radical (unpaired) electrons. The van der Waals surface area contributed by atoms with Gasteiger partial charge in [-0.15, -0.1) is 11.3 Å². The first-order valence-electron chi connectivity index (χ1n) is 8.05. The van der Waals surface area contributed by atoms with Crippen LogP contribution in [0.15, 0.2) is 42.5 Å². The first kappa shape index (κ1) is 16.7. The molecule has 5 nitrogen and oxygen atoms in total. The van der Waals surface area contributed by atoms with Gasteiger partial charge in [-0.05, 0) is 31.2 Å². The Bertz CT molecular complexity index is 706. The largest absolute Gasteiger partial charge is 0.335 e. The van der Waals surface area contributed by atoms with Crippen LogP contribution >= 0.6 is 11.3 Å². The average Bonchev–Trinajstić information content (AvgIpc) is 3.02. The molecular weight excluding hydrogens is 322 g/mol. The van der Waals surface area contributed by atoms with Crippen LogP contribution in [0, 0.1) is 6.92 Å². The van der Waals surface area contributed by atoms with E-state index in [2.05, 4.69) is 10.2 Å². The van der Waals surface area contributed by atoms with E-state index in [0.29, 0.717) is 19.6 Å². The summed E-state index contributed by atoms with van der Waals surface area (Å²) in [7, 11) is 0. The van der Waals surface area contributed by atoms with E-state index in [-0.39, 0.29) is 11.8 Å².